The van der Waals surface area contributed by atoms with Gasteiger partial charge in [-0.1, -0.05) is 11.3 Å². The predicted octanol–water partition coefficient (Wildman–Crippen LogP) is 2.30. The van der Waals surface area contributed by atoms with Gasteiger partial charge in [-0.15, -0.1) is 10.2 Å². The summed E-state index contributed by atoms with van der Waals surface area (Å²) in [5.74, 6) is -3.14. The standard InChI is InChI=1S/C14H9F2N3O3S/c1-2-22-13(21)8-5-19(14-18-17-6-23-14)11-4-10(16)9(15)3-7(11)12(8)20/h3-6H,2H2,1H3. The second-order valence-electron chi connectivity index (χ2n) is 4.47. The van der Waals surface area contributed by atoms with Crippen LogP contribution < -0.4 is 5.43 Å². The molecule has 0 fully saturated rings. The van der Waals surface area contributed by atoms with Crippen molar-refractivity contribution in [3.63, 3.8) is 0 Å². The van der Waals surface area contributed by atoms with E-state index in [-0.39, 0.29) is 23.1 Å². The summed E-state index contributed by atoms with van der Waals surface area (Å²) in [6.45, 7) is 1.67. The molecule has 2 heterocycles. The van der Waals surface area contributed by atoms with Crippen molar-refractivity contribution in [1.82, 2.24) is 14.8 Å². The molecule has 0 amide bonds. The molecule has 2 aromatic heterocycles. The highest BCUT2D eigenvalue weighted by atomic mass is 32.1. The van der Waals surface area contributed by atoms with Gasteiger partial charge in [0.05, 0.1) is 17.5 Å². The molecule has 0 saturated heterocycles. The number of ether oxygens (including phenoxy) is 1. The zero-order chi connectivity index (χ0) is 16.6. The van der Waals surface area contributed by atoms with Gasteiger partial charge in [0.25, 0.3) is 0 Å². The Labute approximate surface area is 132 Å². The lowest BCUT2D eigenvalue weighted by molar-refractivity contribution is 0.0524. The summed E-state index contributed by atoms with van der Waals surface area (Å²) in [7, 11) is 0. The van der Waals surface area contributed by atoms with Gasteiger partial charge >= 0.3 is 5.97 Å². The Hall–Kier alpha value is -2.68. The third-order valence-corrected chi connectivity index (χ3v) is 3.78. The first-order chi connectivity index (χ1) is 11.0. The van der Waals surface area contributed by atoms with Crippen LogP contribution in [0, 0.1) is 11.6 Å². The minimum atomic E-state index is -1.18. The van der Waals surface area contributed by atoms with Gasteiger partial charge in [0, 0.05) is 12.3 Å². The van der Waals surface area contributed by atoms with Crippen LogP contribution in [0.1, 0.15) is 17.3 Å². The van der Waals surface area contributed by atoms with E-state index in [9.17, 15) is 18.4 Å². The maximum absolute atomic E-state index is 13.6. The van der Waals surface area contributed by atoms with Gasteiger partial charge in [-0.2, -0.15) is 0 Å². The zero-order valence-corrected chi connectivity index (χ0v) is 12.6. The van der Waals surface area contributed by atoms with Gasteiger partial charge in [0.2, 0.25) is 10.6 Å². The smallest absolute Gasteiger partial charge is 0.343 e. The summed E-state index contributed by atoms with van der Waals surface area (Å²) >= 11 is 1.11. The van der Waals surface area contributed by atoms with Crippen molar-refractivity contribution < 1.29 is 18.3 Å². The number of rotatable bonds is 3. The molecule has 0 N–H and O–H groups in total. The summed E-state index contributed by atoms with van der Waals surface area (Å²) in [5, 5.41) is 7.64. The van der Waals surface area contributed by atoms with Crippen LogP contribution in [0.25, 0.3) is 16.0 Å². The van der Waals surface area contributed by atoms with E-state index in [1.54, 1.807) is 6.92 Å². The topological polar surface area (TPSA) is 74.1 Å². The lowest BCUT2D eigenvalue weighted by Gasteiger charge is -2.10. The summed E-state index contributed by atoms with van der Waals surface area (Å²) in [6.07, 6.45) is 1.19. The van der Waals surface area contributed by atoms with Crippen molar-refractivity contribution in [1.29, 1.82) is 0 Å². The number of fused-ring (bicyclic) bond motifs is 1. The third-order valence-electron chi connectivity index (χ3n) is 3.10. The molecule has 3 aromatic rings. The number of pyridine rings is 1. The van der Waals surface area contributed by atoms with Crippen LogP contribution in [0.2, 0.25) is 0 Å². The van der Waals surface area contributed by atoms with Crippen LogP contribution in [0.15, 0.2) is 28.6 Å². The number of halogens is 2. The first-order valence-electron chi connectivity index (χ1n) is 6.51. The number of hydrogen-bond donors (Lipinski definition) is 0. The lowest BCUT2D eigenvalue weighted by Crippen LogP contribution is -2.21. The summed E-state index contributed by atoms with van der Waals surface area (Å²) < 4.78 is 33.2. The second-order valence-corrected chi connectivity index (χ2v) is 5.28. The van der Waals surface area contributed by atoms with Crippen LogP contribution >= 0.6 is 11.3 Å². The summed E-state index contributed by atoms with van der Waals surface area (Å²) in [6, 6.07) is 1.63. The fraction of sp³-hybridized carbons (Fsp3) is 0.143. The van der Waals surface area contributed by atoms with Crippen molar-refractivity contribution in [2.75, 3.05) is 6.61 Å². The summed E-state index contributed by atoms with van der Waals surface area (Å²) in [5.41, 5.74) is 0.487. The molecule has 0 spiro atoms. The number of hydrogen-bond acceptors (Lipinski definition) is 6. The van der Waals surface area contributed by atoms with Crippen molar-refractivity contribution in [2.24, 2.45) is 0 Å². The minimum absolute atomic E-state index is 0.0763. The molecule has 6 nitrogen and oxygen atoms in total. The Bertz CT molecular complexity index is 954. The molecular weight excluding hydrogens is 328 g/mol. The fourth-order valence-electron chi connectivity index (χ4n) is 2.10. The van der Waals surface area contributed by atoms with Crippen LogP contribution in [0.5, 0.6) is 0 Å². The number of esters is 1. The molecule has 9 heteroatoms. The number of aromatic nitrogens is 3. The van der Waals surface area contributed by atoms with Crippen LogP contribution in [0.4, 0.5) is 8.78 Å². The van der Waals surface area contributed by atoms with Crippen molar-refractivity contribution >= 4 is 28.2 Å². The Kier molecular flexibility index (Phi) is 3.87. The molecular formula is C14H9F2N3O3S. The van der Waals surface area contributed by atoms with E-state index in [0.717, 1.165) is 23.5 Å². The molecule has 0 aliphatic carbocycles. The molecule has 0 saturated carbocycles. The molecule has 0 aliphatic heterocycles. The van der Waals surface area contributed by atoms with Crippen molar-refractivity contribution in [2.45, 2.75) is 6.92 Å². The molecule has 0 aliphatic rings. The van der Waals surface area contributed by atoms with Gasteiger partial charge in [0.1, 0.15) is 11.1 Å². The Morgan fingerprint density at radius 3 is 2.74 bits per heavy atom. The van der Waals surface area contributed by atoms with E-state index in [1.165, 1.54) is 16.3 Å². The third kappa shape index (κ3) is 2.59. The number of nitrogens with zero attached hydrogens (tertiary/aromatic N) is 3. The Morgan fingerprint density at radius 2 is 2.09 bits per heavy atom. The highest BCUT2D eigenvalue weighted by Gasteiger charge is 2.20. The molecule has 0 unspecified atom stereocenters. The molecule has 0 bridgehead atoms. The maximum atomic E-state index is 13.6. The monoisotopic (exact) mass is 337 g/mol. The molecule has 118 valence electrons. The minimum Gasteiger partial charge on any atom is -0.462 e. The van der Waals surface area contributed by atoms with Gasteiger partial charge in [0.15, 0.2) is 11.6 Å². The second kappa shape index (κ2) is 5.84. The Balaban J connectivity index is 2.40. The van der Waals surface area contributed by atoms with Crippen molar-refractivity contribution in [3.05, 3.63) is 51.3 Å². The Morgan fingerprint density at radius 1 is 1.35 bits per heavy atom. The average Bonchev–Trinajstić information content (AvgIpc) is 3.04. The normalized spacial score (nSPS) is 10.9. The largest absolute Gasteiger partial charge is 0.462 e. The van der Waals surface area contributed by atoms with Crippen LogP contribution in [-0.2, 0) is 4.74 Å². The van der Waals surface area contributed by atoms with E-state index in [0.29, 0.717) is 5.13 Å². The van der Waals surface area contributed by atoms with Gasteiger partial charge < -0.3 is 4.74 Å². The first-order valence-corrected chi connectivity index (χ1v) is 7.39. The van der Waals surface area contributed by atoms with Gasteiger partial charge in [-0.3, -0.25) is 9.36 Å². The van der Waals surface area contributed by atoms with Crippen LogP contribution in [0.3, 0.4) is 0 Å². The average molecular weight is 337 g/mol. The zero-order valence-electron chi connectivity index (χ0n) is 11.7. The van der Waals surface area contributed by atoms with Gasteiger partial charge in [-0.05, 0) is 13.0 Å². The summed E-state index contributed by atoms with van der Waals surface area (Å²) in [4.78, 5) is 24.3. The number of carbonyl (C=O) groups is 1. The molecule has 23 heavy (non-hydrogen) atoms. The van der Waals surface area contributed by atoms with E-state index < -0.39 is 23.0 Å². The number of benzene rings is 1. The lowest BCUT2D eigenvalue weighted by atomic mass is 10.1. The fourth-order valence-corrected chi connectivity index (χ4v) is 2.65. The van der Waals surface area contributed by atoms with E-state index in [4.69, 9.17) is 4.74 Å². The maximum Gasteiger partial charge on any atom is 0.343 e. The van der Waals surface area contributed by atoms with Crippen molar-refractivity contribution in [3.8, 4) is 5.13 Å². The van der Waals surface area contributed by atoms with E-state index >= 15 is 0 Å². The van der Waals surface area contributed by atoms with E-state index in [1.807, 2.05) is 0 Å². The van der Waals surface area contributed by atoms with Crippen LogP contribution in [-0.4, -0.2) is 27.3 Å². The molecule has 0 radical (unpaired) electrons. The molecule has 0 atom stereocenters. The highest BCUT2D eigenvalue weighted by Crippen LogP contribution is 2.21. The molecule has 1 aromatic carbocycles. The SMILES string of the molecule is CCOC(=O)c1cn(-c2nncs2)c2cc(F)c(F)cc2c1=O. The van der Waals surface area contributed by atoms with E-state index in [2.05, 4.69) is 10.2 Å². The van der Waals surface area contributed by atoms with Gasteiger partial charge in [-0.25, -0.2) is 13.6 Å². The molecule has 3 rings (SSSR count). The quantitative estimate of drug-likeness (QED) is 0.686. The number of carbonyl (C=O) groups excluding carboxylic acids is 1. The first kappa shape index (κ1) is 15.2. The predicted molar refractivity (Wildman–Crippen MR) is 78.9 cm³/mol. The highest BCUT2D eigenvalue weighted by molar-refractivity contribution is 7.11.